The van der Waals surface area contributed by atoms with Gasteiger partial charge in [0, 0.05) is 6.07 Å². The van der Waals surface area contributed by atoms with E-state index in [0.717, 1.165) is 24.3 Å². The van der Waals surface area contributed by atoms with Crippen LogP contribution in [0.2, 0.25) is 0 Å². The third-order valence-electron chi connectivity index (χ3n) is 4.15. The molecule has 13 heteroatoms. The van der Waals surface area contributed by atoms with Crippen molar-refractivity contribution in [2.75, 3.05) is 10.0 Å². The van der Waals surface area contributed by atoms with Gasteiger partial charge in [0.05, 0.1) is 23.7 Å². The summed E-state index contributed by atoms with van der Waals surface area (Å²) in [5.41, 5.74) is -0.869. The number of rotatable bonds is 5. The highest BCUT2D eigenvalue weighted by Crippen LogP contribution is 2.28. The number of anilines is 2. The lowest BCUT2D eigenvalue weighted by molar-refractivity contribution is 0.215. The molecule has 0 saturated carbocycles. The lowest BCUT2D eigenvalue weighted by Gasteiger charge is -2.13. The molecule has 0 spiro atoms. The highest BCUT2D eigenvalue weighted by atomic mass is 32.2. The lowest BCUT2D eigenvalue weighted by Crippen LogP contribution is -2.20. The smallest absolute Gasteiger partial charge is 0.408 e. The van der Waals surface area contributed by atoms with Crippen LogP contribution in [0.25, 0.3) is 11.2 Å². The molecule has 164 valence electrons. The molecule has 0 aliphatic carbocycles. The van der Waals surface area contributed by atoms with Gasteiger partial charge >= 0.3 is 6.09 Å². The van der Waals surface area contributed by atoms with Gasteiger partial charge in [-0.2, -0.15) is 0 Å². The van der Waals surface area contributed by atoms with Gasteiger partial charge in [0.2, 0.25) is 0 Å². The minimum atomic E-state index is -4.54. The maximum Gasteiger partial charge on any atom is 0.417 e. The average Bonchev–Trinajstić information content (AvgIpc) is 3.21. The zero-order valence-electron chi connectivity index (χ0n) is 15.8. The summed E-state index contributed by atoms with van der Waals surface area (Å²) in [6.07, 6.45) is 1.28. The van der Waals surface area contributed by atoms with Crippen LogP contribution in [0.1, 0.15) is 0 Å². The van der Waals surface area contributed by atoms with E-state index in [1.807, 2.05) is 10.0 Å². The molecule has 0 fully saturated rings. The fraction of sp³-hybridized carbons (Fsp3) is 0. The largest absolute Gasteiger partial charge is 0.417 e. The Morgan fingerprint density at radius 2 is 1.81 bits per heavy atom. The number of imidazole rings is 1. The van der Waals surface area contributed by atoms with E-state index in [0.29, 0.717) is 11.2 Å². The summed E-state index contributed by atoms with van der Waals surface area (Å²) in [6.45, 7) is 0. The first-order valence-corrected chi connectivity index (χ1v) is 10.3. The van der Waals surface area contributed by atoms with E-state index in [2.05, 4.69) is 15.0 Å². The van der Waals surface area contributed by atoms with Crippen molar-refractivity contribution < 1.29 is 31.1 Å². The monoisotopic (exact) mass is 463 g/mol. The molecule has 32 heavy (non-hydrogen) atoms. The molecule has 3 N–H and O–H groups in total. The fourth-order valence-corrected chi connectivity index (χ4v) is 3.85. The minimum absolute atomic E-state index is 0.0449. The third-order valence-corrected chi connectivity index (χ3v) is 5.55. The van der Waals surface area contributed by atoms with Gasteiger partial charge in [0.15, 0.2) is 17.2 Å². The third kappa shape index (κ3) is 4.18. The maximum absolute atomic E-state index is 14.8. The molecule has 0 bridgehead atoms. The van der Waals surface area contributed by atoms with Crippen LogP contribution in [0.3, 0.4) is 0 Å². The van der Waals surface area contributed by atoms with Gasteiger partial charge in [-0.25, -0.2) is 36.4 Å². The van der Waals surface area contributed by atoms with E-state index in [4.69, 9.17) is 4.74 Å². The van der Waals surface area contributed by atoms with E-state index in [-0.39, 0.29) is 5.75 Å². The molecule has 4 rings (SSSR count). The first kappa shape index (κ1) is 21.1. The van der Waals surface area contributed by atoms with Crippen molar-refractivity contribution in [3.05, 3.63) is 72.4 Å². The second-order valence-electron chi connectivity index (χ2n) is 6.28. The minimum Gasteiger partial charge on any atom is -0.408 e. The molecular formula is C19H12F3N5O4S. The zero-order chi connectivity index (χ0) is 22.9. The van der Waals surface area contributed by atoms with Crippen LogP contribution in [0, 0.1) is 17.5 Å². The Kier molecular flexibility index (Phi) is 5.40. The van der Waals surface area contributed by atoms with E-state index < -0.39 is 49.8 Å². The number of amides is 1. The molecule has 0 aliphatic heterocycles. The average molecular weight is 463 g/mol. The van der Waals surface area contributed by atoms with E-state index >= 15 is 0 Å². The predicted octanol–water partition coefficient (Wildman–Crippen LogP) is 3.79. The second kappa shape index (κ2) is 8.19. The maximum atomic E-state index is 14.8. The number of nitrogens with zero attached hydrogens (tertiary/aromatic N) is 2. The lowest BCUT2D eigenvalue weighted by atomic mass is 10.2. The van der Waals surface area contributed by atoms with Crippen molar-refractivity contribution in [2.45, 2.75) is 4.90 Å². The van der Waals surface area contributed by atoms with Gasteiger partial charge in [0.1, 0.15) is 22.2 Å². The number of nitrogens with one attached hydrogen (secondary N) is 3. The first-order chi connectivity index (χ1) is 15.2. The van der Waals surface area contributed by atoms with Gasteiger partial charge in [-0.05, 0) is 24.3 Å². The number of benzene rings is 2. The van der Waals surface area contributed by atoms with Crippen molar-refractivity contribution >= 4 is 38.7 Å². The number of aromatic nitrogens is 3. The van der Waals surface area contributed by atoms with Gasteiger partial charge in [-0.15, -0.1) is 0 Å². The molecular weight excluding hydrogens is 451 g/mol. The number of hydrogen-bond donors (Lipinski definition) is 3. The standard InChI is InChI=1S/C19H12F3N5O4S/c20-11-3-1-2-4-15(11)32(29,30)27-13-6-5-12(21)17(16(13)22)26-19(28)31-10-7-14-18(23-8-10)25-9-24-14/h1-9,27H,(H,26,28)(H,23,24,25). The number of aromatic amines is 1. The SMILES string of the molecule is O=C(Nc1c(F)ccc(NS(=O)(=O)c2ccccc2F)c1F)Oc1cnc2nc[nH]c2c1. The molecule has 2 heterocycles. The van der Waals surface area contributed by atoms with Crippen LogP contribution >= 0.6 is 0 Å². The van der Waals surface area contributed by atoms with Gasteiger partial charge < -0.3 is 9.72 Å². The number of fused-ring (bicyclic) bond motifs is 1. The summed E-state index contributed by atoms with van der Waals surface area (Å²) in [4.78, 5) is 21.9. The quantitative estimate of drug-likeness (QED) is 0.414. The number of ether oxygens (including phenoxy) is 1. The van der Waals surface area contributed by atoms with E-state index in [1.54, 1.807) is 0 Å². The Balaban J connectivity index is 1.56. The topological polar surface area (TPSA) is 126 Å². The summed E-state index contributed by atoms with van der Waals surface area (Å²) < 4.78 is 74.3. The Morgan fingerprint density at radius 3 is 2.59 bits per heavy atom. The molecule has 0 aliphatic rings. The number of sulfonamides is 1. The Bertz CT molecular complexity index is 1440. The van der Waals surface area contributed by atoms with E-state index in [9.17, 15) is 26.4 Å². The van der Waals surface area contributed by atoms with Crippen molar-refractivity contribution in [2.24, 2.45) is 0 Å². The number of H-pyrrole nitrogens is 1. The predicted molar refractivity (Wildman–Crippen MR) is 107 cm³/mol. The molecule has 2 aromatic heterocycles. The van der Waals surface area contributed by atoms with Crippen molar-refractivity contribution in [1.29, 1.82) is 0 Å². The number of halogens is 3. The summed E-state index contributed by atoms with van der Waals surface area (Å²) >= 11 is 0. The Labute approximate surface area is 178 Å². The molecule has 9 nitrogen and oxygen atoms in total. The van der Waals surface area contributed by atoms with Crippen LogP contribution in [0.4, 0.5) is 29.3 Å². The van der Waals surface area contributed by atoms with E-state index in [1.165, 1.54) is 30.7 Å². The summed E-state index contributed by atoms with van der Waals surface area (Å²) in [5, 5.41) is 1.87. The highest BCUT2D eigenvalue weighted by molar-refractivity contribution is 7.92. The molecule has 0 saturated heterocycles. The van der Waals surface area contributed by atoms with Gasteiger partial charge in [-0.1, -0.05) is 12.1 Å². The number of hydrogen-bond acceptors (Lipinski definition) is 6. The number of pyridine rings is 1. The van der Waals surface area contributed by atoms with Crippen LogP contribution in [0.5, 0.6) is 5.75 Å². The molecule has 4 aromatic rings. The van der Waals surface area contributed by atoms with Crippen LogP contribution in [-0.4, -0.2) is 29.5 Å². The fourth-order valence-electron chi connectivity index (χ4n) is 2.71. The summed E-state index contributed by atoms with van der Waals surface area (Å²) in [6, 6.07) is 7.33. The molecule has 0 unspecified atom stereocenters. The van der Waals surface area contributed by atoms with Gasteiger partial charge in [0.25, 0.3) is 10.0 Å². The normalized spacial score (nSPS) is 11.3. The summed E-state index contributed by atoms with van der Waals surface area (Å²) in [5.74, 6) is -3.75. The van der Waals surface area contributed by atoms with Crippen LogP contribution < -0.4 is 14.8 Å². The number of carbonyl (C=O) groups is 1. The molecule has 0 atom stereocenters. The highest BCUT2D eigenvalue weighted by Gasteiger charge is 2.23. The van der Waals surface area contributed by atoms with Crippen LogP contribution in [-0.2, 0) is 10.0 Å². The van der Waals surface area contributed by atoms with Crippen LogP contribution in [0.15, 0.2) is 59.9 Å². The Hall–Kier alpha value is -4.13. The summed E-state index contributed by atoms with van der Waals surface area (Å²) in [7, 11) is -4.54. The zero-order valence-corrected chi connectivity index (χ0v) is 16.6. The second-order valence-corrected chi connectivity index (χ2v) is 7.93. The first-order valence-electron chi connectivity index (χ1n) is 8.78. The molecule has 2 aromatic carbocycles. The van der Waals surface area contributed by atoms with Crippen molar-refractivity contribution in [3.8, 4) is 5.75 Å². The van der Waals surface area contributed by atoms with Crippen molar-refractivity contribution in [1.82, 2.24) is 15.0 Å². The Morgan fingerprint density at radius 1 is 1.03 bits per heavy atom. The van der Waals surface area contributed by atoms with Gasteiger partial charge in [-0.3, -0.25) is 10.0 Å². The number of carbonyl (C=O) groups excluding carboxylic acids is 1. The van der Waals surface area contributed by atoms with Crippen molar-refractivity contribution in [3.63, 3.8) is 0 Å². The molecule has 0 radical (unpaired) electrons. The molecule has 1 amide bonds.